The number of rotatable bonds is 10. The van der Waals surface area contributed by atoms with E-state index in [1.54, 1.807) is 6.08 Å². The van der Waals surface area contributed by atoms with Gasteiger partial charge in [-0.25, -0.2) is 9.59 Å². The van der Waals surface area contributed by atoms with Gasteiger partial charge in [0.1, 0.15) is 19.3 Å². The van der Waals surface area contributed by atoms with E-state index < -0.39 is 72.6 Å². The van der Waals surface area contributed by atoms with Crippen LogP contribution in [0.5, 0.6) is 0 Å². The standard InChI is InChI=1S/C34H46O13/c1-18-11-13-34(7)24(9-8-10-26(34)33(18,6)14-12-23-15-27(39)42-16-23)31(40)47-32-30(45-22(5)38)29(44-21(4)37)28(43-20(3)36)25(46-32)17-41-19(2)35/h9,15,18,25-26,28-30,32H,8,10-14,16-17H2,1-7H3. The van der Waals surface area contributed by atoms with E-state index in [1.165, 1.54) is 6.92 Å². The molecule has 0 N–H and O–H groups in total. The van der Waals surface area contributed by atoms with Crippen molar-refractivity contribution in [3.8, 4) is 0 Å². The number of esters is 6. The third-order valence-electron chi connectivity index (χ3n) is 10.3. The molecule has 260 valence electrons. The molecule has 13 nitrogen and oxygen atoms in total. The van der Waals surface area contributed by atoms with E-state index in [9.17, 15) is 28.8 Å². The summed E-state index contributed by atoms with van der Waals surface area (Å²) < 4.78 is 38.6. The second kappa shape index (κ2) is 14.6. The van der Waals surface area contributed by atoms with Crippen molar-refractivity contribution in [1.29, 1.82) is 0 Å². The van der Waals surface area contributed by atoms with Crippen molar-refractivity contribution in [3.05, 3.63) is 23.3 Å². The summed E-state index contributed by atoms with van der Waals surface area (Å²) in [7, 11) is 0. The third-order valence-corrected chi connectivity index (χ3v) is 10.3. The van der Waals surface area contributed by atoms with Gasteiger partial charge in [-0.05, 0) is 61.3 Å². The SMILES string of the molecule is CC(=O)OCC1OC(OC(=O)C2=CCCC3C2(C)CCC(C)C3(C)CCC2=CC(=O)OC2)C(OC(C)=O)C(OC(C)=O)C1OC(C)=O. The van der Waals surface area contributed by atoms with E-state index in [0.717, 1.165) is 52.0 Å². The maximum atomic E-state index is 14.2. The minimum absolute atomic E-state index is 0.111. The van der Waals surface area contributed by atoms with Crippen LogP contribution in [0.3, 0.4) is 0 Å². The monoisotopic (exact) mass is 662 g/mol. The summed E-state index contributed by atoms with van der Waals surface area (Å²) in [5.41, 5.74) is 0.711. The van der Waals surface area contributed by atoms with Crippen molar-refractivity contribution in [2.75, 3.05) is 13.2 Å². The molecule has 9 unspecified atom stereocenters. The minimum Gasteiger partial charge on any atom is -0.463 e. The first-order valence-electron chi connectivity index (χ1n) is 16.1. The van der Waals surface area contributed by atoms with Gasteiger partial charge in [0.05, 0.1) is 0 Å². The van der Waals surface area contributed by atoms with Gasteiger partial charge in [0.15, 0.2) is 12.2 Å². The van der Waals surface area contributed by atoms with Crippen LogP contribution < -0.4 is 0 Å². The molecule has 2 fully saturated rings. The molecule has 4 aliphatic rings. The van der Waals surface area contributed by atoms with E-state index >= 15 is 0 Å². The molecule has 0 aromatic heterocycles. The lowest BCUT2D eigenvalue weighted by molar-refractivity contribution is -0.300. The Labute approximate surface area is 274 Å². The van der Waals surface area contributed by atoms with Crippen molar-refractivity contribution in [2.45, 2.75) is 118 Å². The Balaban J connectivity index is 1.63. The molecule has 0 bridgehead atoms. The Hall–Kier alpha value is -3.74. The molecule has 0 amide bonds. The predicted molar refractivity (Wildman–Crippen MR) is 162 cm³/mol. The highest BCUT2D eigenvalue weighted by Crippen LogP contribution is 2.62. The number of cyclic esters (lactones) is 1. The summed E-state index contributed by atoms with van der Waals surface area (Å²) in [4.78, 5) is 74.0. The Kier molecular flexibility index (Phi) is 11.2. The average molecular weight is 663 g/mol. The van der Waals surface area contributed by atoms with Crippen LogP contribution in [-0.4, -0.2) is 79.7 Å². The summed E-state index contributed by atoms with van der Waals surface area (Å²) in [6.07, 6.45) is 0.919. The quantitative estimate of drug-likeness (QED) is 0.246. The van der Waals surface area contributed by atoms with Gasteiger partial charge >= 0.3 is 35.8 Å². The van der Waals surface area contributed by atoms with E-state index in [1.807, 2.05) is 6.08 Å². The number of hydrogen-bond acceptors (Lipinski definition) is 13. The number of allylic oxidation sites excluding steroid dienone is 1. The van der Waals surface area contributed by atoms with E-state index in [0.29, 0.717) is 30.9 Å². The fourth-order valence-electron chi connectivity index (χ4n) is 7.87. The van der Waals surface area contributed by atoms with E-state index in [2.05, 4.69) is 20.8 Å². The first-order chi connectivity index (χ1) is 22.0. The Morgan fingerprint density at radius 1 is 0.872 bits per heavy atom. The molecule has 0 aromatic rings. The number of carbonyl (C=O) groups excluding carboxylic acids is 6. The Bertz CT molecular complexity index is 1330. The molecule has 0 spiro atoms. The summed E-state index contributed by atoms with van der Waals surface area (Å²) >= 11 is 0. The fraction of sp³-hybridized carbons (Fsp3) is 0.706. The van der Waals surface area contributed by atoms with Crippen molar-refractivity contribution in [3.63, 3.8) is 0 Å². The predicted octanol–water partition coefficient (Wildman–Crippen LogP) is 3.66. The lowest BCUT2D eigenvalue weighted by Crippen LogP contribution is -2.63. The van der Waals surface area contributed by atoms with Gasteiger partial charge in [0.2, 0.25) is 12.4 Å². The molecule has 0 radical (unpaired) electrons. The maximum Gasteiger partial charge on any atom is 0.336 e. The van der Waals surface area contributed by atoms with Gasteiger partial charge in [0.25, 0.3) is 0 Å². The normalized spacial score (nSPS) is 34.9. The van der Waals surface area contributed by atoms with E-state index in [4.69, 9.17) is 33.2 Å². The second-order valence-corrected chi connectivity index (χ2v) is 13.5. The molecular weight excluding hydrogens is 616 g/mol. The average Bonchev–Trinajstić information content (AvgIpc) is 3.40. The summed E-state index contributed by atoms with van der Waals surface area (Å²) in [5.74, 6) is -3.53. The van der Waals surface area contributed by atoms with Gasteiger partial charge in [0, 0.05) is 44.8 Å². The zero-order valence-electron chi connectivity index (χ0n) is 28.2. The van der Waals surface area contributed by atoms with Crippen LogP contribution in [0, 0.1) is 22.7 Å². The number of carbonyl (C=O) groups is 6. The van der Waals surface area contributed by atoms with E-state index in [-0.39, 0.29) is 17.3 Å². The highest BCUT2D eigenvalue weighted by Gasteiger charge is 2.57. The zero-order valence-corrected chi connectivity index (χ0v) is 28.2. The molecule has 2 aliphatic heterocycles. The van der Waals surface area contributed by atoms with Gasteiger partial charge in [-0.2, -0.15) is 0 Å². The smallest absolute Gasteiger partial charge is 0.336 e. The highest BCUT2D eigenvalue weighted by molar-refractivity contribution is 5.90. The number of fused-ring (bicyclic) bond motifs is 1. The van der Waals surface area contributed by atoms with Crippen molar-refractivity contribution in [2.24, 2.45) is 22.7 Å². The first-order valence-corrected chi connectivity index (χ1v) is 16.1. The van der Waals surface area contributed by atoms with Crippen LogP contribution in [-0.2, 0) is 61.9 Å². The molecule has 13 heteroatoms. The van der Waals surface area contributed by atoms with Crippen LogP contribution in [0.25, 0.3) is 0 Å². The van der Waals surface area contributed by atoms with Gasteiger partial charge < -0.3 is 33.2 Å². The van der Waals surface area contributed by atoms with Crippen LogP contribution in [0.1, 0.15) is 87.0 Å². The molecule has 2 heterocycles. The number of hydrogen-bond donors (Lipinski definition) is 0. The highest BCUT2D eigenvalue weighted by atomic mass is 16.7. The molecule has 9 atom stereocenters. The van der Waals surface area contributed by atoms with Crippen LogP contribution in [0.4, 0.5) is 0 Å². The molecule has 4 rings (SSSR count). The molecule has 2 aliphatic carbocycles. The molecule has 1 saturated heterocycles. The Morgan fingerprint density at radius 2 is 1.51 bits per heavy atom. The van der Waals surface area contributed by atoms with Crippen molar-refractivity contribution in [1.82, 2.24) is 0 Å². The van der Waals surface area contributed by atoms with Crippen LogP contribution in [0.15, 0.2) is 23.3 Å². The lowest BCUT2D eigenvalue weighted by Gasteiger charge is -2.58. The molecule has 47 heavy (non-hydrogen) atoms. The summed E-state index contributed by atoms with van der Waals surface area (Å²) in [6.45, 7) is 11.0. The second-order valence-electron chi connectivity index (χ2n) is 13.5. The molecule has 1 saturated carbocycles. The van der Waals surface area contributed by atoms with Gasteiger partial charge in [-0.1, -0.05) is 26.8 Å². The topological polar surface area (TPSA) is 167 Å². The maximum absolute atomic E-state index is 14.2. The summed E-state index contributed by atoms with van der Waals surface area (Å²) in [6, 6.07) is 0. The van der Waals surface area contributed by atoms with Crippen LogP contribution >= 0.6 is 0 Å². The molecular formula is C34H46O13. The first kappa shape index (κ1) is 36.1. The largest absolute Gasteiger partial charge is 0.463 e. The van der Waals surface area contributed by atoms with Crippen LogP contribution in [0.2, 0.25) is 0 Å². The van der Waals surface area contributed by atoms with Crippen molar-refractivity contribution < 1.29 is 61.9 Å². The lowest BCUT2D eigenvalue weighted by atomic mass is 9.46. The van der Waals surface area contributed by atoms with Gasteiger partial charge in [-0.3, -0.25) is 19.2 Å². The Morgan fingerprint density at radius 3 is 2.11 bits per heavy atom. The number of ether oxygens (including phenoxy) is 7. The third kappa shape index (κ3) is 8.05. The summed E-state index contributed by atoms with van der Waals surface area (Å²) in [5, 5.41) is 0. The van der Waals surface area contributed by atoms with Gasteiger partial charge in [-0.15, -0.1) is 0 Å². The zero-order chi connectivity index (χ0) is 34.7. The minimum atomic E-state index is -1.60. The molecule has 0 aromatic carbocycles. The van der Waals surface area contributed by atoms with Crippen molar-refractivity contribution >= 4 is 35.8 Å². The fourth-order valence-corrected chi connectivity index (χ4v) is 7.87.